The van der Waals surface area contributed by atoms with Crippen LogP contribution >= 0.6 is 26.6 Å². The molecule has 5 N–H and O–H groups in total. The Morgan fingerprint density at radius 3 is 0.923 bits per heavy atom. The van der Waals surface area contributed by atoms with Crippen LogP contribution in [0.5, 0.6) is 0 Å². The van der Waals surface area contributed by atoms with Crippen molar-refractivity contribution < 1.29 is 5.48 Å². The topological polar surface area (TPSA) is 67.6 Å². The van der Waals surface area contributed by atoms with E-state index in [2.05, 4.69) is 14.6 Å². The molecule has 0 radical (unpaired) electrons. The van der Waals surface area contributed by atoms with E-state index in [1.54, 1.807) is 0 Å². The largest absolute Gasteiger partial charge is 0.412 e. The van der Waals surface area contributed by atoms with E-state index in [1.165, 1.54) is 0 Å². The molecule has 4 nitrogen and oxygen atoms in total. The monoisotopic (exact) mass is 237 g/mol. The molecule has 0 aromatic heterocycles. The van der Waals surface area contributed by atoms with Crippen molar-refractivity contribution in [3.05, 3.63) is 36.4 Å². The number of hydrogen-bond acceptors (Lipinski definition) is 3. The summed E-state index contributed by atoms with van der Waals surface area (Å²) in [5.74, 6) is 0. The molecular formula is C6H14N3OP3. The van der Waals surface area contributed by atoms with Gasteiger partial charge in [0.2, 0.25) is 0 Å². The lowest BCUT2D eigenvalue weighted by Crippen LogP contribution is -2.07. The zero-order chi connectivity index (χ0) is 8.49. The van der Waals surface area contributed by atoms with Gasteiger partial charge in [-0.15, -0.1) is 0 Å². The molecule has 0 spiro atoms. The van der Waals surface area contributed by atoms with Crippen LogP contribution < -0.4 is 14.6 Å². The molecule has 0 bridgehead atoms. The fraction of sp³-hybridized carbons (Fsp3) is 0. The second-order valence-electron chi connectivity index (χ2n) is 1.90. The smallest absolute Gasteiger partial charge is 0.0273 e. The van der Waals surface area contributed by atoms with Crippen LogP contribution in [0.15, 0.2) is 36.4 Å². The predicted octanol–water partition coefficient (Wildman–Crippen LogP) is 1.16. The lowest BCUT2D eigenvalue weighted by Gasteiger charge is -2.12. The van der Waals surface area contributed by atoms with E-state index in [-0.39, 0.29) is 5.48 Å². The van der Waals surface area contributed by atoms with Crippen molar-refractivity contribution in [2.45, 2.75) is 0 Å². The summed E-state index contributed by atoms with van der Waals surface area (Å²) in [6.07, 6.45) is 0. The summed E-state index contributed by atoms with van der Waals surface area (Å²) in [5, 5.41) is 0. The number of hydrogen-bond donors (Lipinski definition) is 3. The van der Waals surface area contributed by atoms with Crippen molar-refractivity contribution in [3.8, 4) is 0 Å². The molecule has 1 heterocycles. The normalized spacial score (nSPS) is 20.3. The lowest BCUT2D eigenvalue weighted by molar-refractivity contribution is 0.824. The molecule has 1 saturated heterocycles. The molecule has 1 aliphatic heterocycles. The Hall–Kier alpha value is 0.350. The third kappa shape index (κ3) is 8.67. The van der Waals surface area contributed by atoms with Crippen molar-refractivity contribution in [3.63, 3.8) is 0 Å². The second-order valence-corrected chi connectivity index (χ2v) is 5.65. The van der Waals surface area contributed by atoms with Crippen molar-refractivity contribution in [1.82, 2.24) is 14.6 Å². The van der Waals surface area contributed by atoms with Crippen molar-refractivity contribution in [2.24, 2.45) is 0 Å². The third-order valence-corrected chi connectivity index (χ3v) is 4.04. The Morgan fingerprint density at radius 1 is 0.538 bits per heavy atom. The SMILES string of the molecule is N1PNPNP1.O.c1ccccc1. The van der Waals surface area contributed by atoms with Gasteiger partial charge in [0.1, 0.15) is 0 Å². The summed E-state index contributed by atoms with van der Waals surface area (Å²) in [5.41, 5.74) is 0. The molecule has 0 atom stereocenters. The molecule has 7 heteroatoms. The van der Waals surface area contributed by atoms with Gasteiger partial charge < -0.3 is 5.48 Å². The molecule has 1 aromatic carbocycles. The van der Waals surface area contributed by atoms with E-state index >= 15 is 0 Å². The molecule has 0 saturated carbocycles. The van der Waals surface area contributed by atoms with Crippen LogP contribution in [0.3, 0.4) is 0 Å². The molecule has 74 valence electrons. The van der Waals surface area contributed by atoms with Gasteiger partial charge in [-0.25, -0.2) is 0 Å². The maximum absolute atomic E-state index is 3.12. The third-order valence-electron chi connectivity index (χ3n) is 1.04. The van der Waals surface area contributed by atoms with Gasteiger partial charge in [-0.05, 0) is 0 Å². The fourth-order valence-corrected chi connectivity index (χ4v) is 3.76. The first-order valence-corrected chi connectivity index (χ1v) is 6.50. The maximum Gasteiger partial charge on any atom is 0.0273 e. The number of rotatable bonds is 0. The fourth-order valence-electron chi connectivity index (χ4n) is 0.572. The molecular weight excluding hydrogens is 223 g/mol. The van der Waals surface area contributed by atoms with Crippen LogP contribution in [0, 0.1) is 0 Å². The van der Waals surface area contributed by atoms with E-state index in [1.807, 2.05) is 36.4 Å². The van der Waals surface area contributed by atoms with Gasteiger partial charge in [0, 0.05) is 26.6 Å². The van der Waals surface area contributed by atoms with Crippen LogP contribution in [0.1, 0.15) is 0 Å². The van der Waals surface area contributed by atoms with Crippen molar-refractivity contribution >= 4 is 26.6 Å². The Kier molecular flexibility index (Phi) is 10.7. The molecule has 0 amide bonds. The molecule has 0 aliphatic carbocycles. The quantitative estimate of drug-likeness (QED) is 0.593. The van der Waals surface area contributed by atoms with E-state index in [0.29, 0.717) is 0 Å². The zero-order valence-corrected chi connectivity index (χ0v) is 9.96. The van der Waals surface area contributed by atoms with E-state index in [4.69, 9.17) is 0 Å². The van der Waals surface area contributed by atoms with Crippen molar-refractivity contribution in [2.75, 3.05) is 0 Å². The summed E-state index contributed by atoms with van der Waals surface area (Å²) >= 11 is 0. The Bertz CT molecular complexity index is 148. The molecule has 1 aromatic rings. The van der Waals surface area contributed by atoms with Gasteiger partial charge in [0.15, 0.2) is 0 Å². The Labute approximate surface area is 83.6 Å². The van der Waals surface area contributed by atoms with Gasteiger partial charge >= 0.3 is 0 Å². The van der Waals surface area contributed by atoms with Crippen LogP contribution in [0.4, 0.5) is 0 Å². The van der Waals surface area contributed by atoms with Crippen LogP contribution in [0.25, 0.3) is 0 Å². The van der Waals surface area contributed by atoms with Crippen LogP contribution in [0.2, 0.25) is 0 Å². The average molecular weight is 237 g/mol. The van der Waals surface area contributed by atoms with Gasteiger partial charge in [-0.1, -0.05) is 36.4 Å². The standard InChI is InChI=1S/C6H6.H6N3P3.H2O/c1-2-4-6-5-3-1;1-4-2-6-3-5-1;/h2*1-6H;1H2. The Morgan fingerprint density at radius 2 is 0.769 bits per heavy atom. The molecule has 1 aliphatic rings. The van der Waals surface area contributed by atoms with E-state index in [9.17, 15) is 0 Å². The Balaban J connectivity index is 0.000000206. The predicted molar refractivity (Wildman–Crippen MR) is 64.4 cm³/mol. The first kappa shape index (κ1) is 13.4. The average Bonchev–Trinajstić information content (AvgIpc) is 2.24. The highest BCUT2D eigenvalue weighted by Gasteiger charge is 1.89. The molecule has 0 unspecified atom stereocenters. The van der Waals surface area contributed by atoms with Gasteiger partial charge in [0.05, 0.1) is 0 Å². The highest BCUT2D eigenvalue weighted by molar-refractivity contribution is 7.65. The summed E-state index contributed by atoms with van der Waals surface area (Å²) in [7, 11) is 2.29. The van der Waals surface area contributed by atoms with Crippen LogP contribution in [-0.2, 0) is 0 Å². The lowest BCUT2D eigenvalue weighted by atomic mass is 10.4. The second kappa shape index (κ2) is 10.4. The summed E-state index contributed by atoms with van der Waals surface area (Å²) in [4.78, 5) is 9.38. The first-order chi connectivity index (χ1) is 6.00. The van der Waals surface area contributed by atoms with E-state index < -0.39 is 0 Å². The molecule has 1 fully saturated rings. The zero-order valence-electron chi connectivity index (χ0n) is 6.96. The van der Waals surface area contributed by atoms with Gasteiger partial charge in [-0.3, -0.25) is 14.6 Å². The number of benzene rings is 1. The summed E-state index contributed by atoms with van der Waals surface area (Å²) in [6, 6.07) is 12.0. The van der Waals surface area contributed by atoms with Crippen molar-refractivity contribution in [1.29, 1.82) is 0 Å². The van der Waals surface area contributed by atoms with Gasteiger partial charge in [-0.2, -0.15) is 0 Å². The first-order valence-electron chi connectivity index (χ1n) is 3.50. The van der Waals surface area contributed by atoms with E-state index in [0.717, 1.165) is 26.6 Å². The molecule has 2 rings (SSSR count). The maximum atomic E-state index is 3.12. The molecule has 13 heavy (non-hydrogen) atoms. The van der Waals surface area contributed by atoms with Gasteiger partial charge in [0.25, 0.3) is 0 Å². The highest BCUT2D eigenvalue weighted by Crippen LogP contribution is 2.23. The number of nitrogens with one attached hydrogen (secondary N) is 3. The summed E-state index contributed by atoms with van der Waals surface area (Å²) < 4.78 is 0. The highest BCUT2D eigenvalue weighted by atomic mass is 31.2. The van der Waals surface area contributed by atoms with Crippen LogP contribution in [-0.4, -0.2) is 5.48 Å². The minimum atomic E-state index is 0. The minimum Gasteiger partial charge on any atom is -0.412 e. The minimum absolute atomic E-state index is 0. The summed E-state index contributed by atoms with van der Waals surface area (Å²) in [6.45, 7) is 0.